The number of nitrogens with two attached hydrogens (primary N) is 1. The topological polar surface area (TPSA) is 38.0 Å². The third-order valence-electron chi connectivity index (χ3n) is 0.628. The maximum absolute atomic E-state index is 5.50. The van der Waals surface area contributed by atoms with E-state index in [2.05, 4.69) is 5.32 Å². The molecule has 0 amide bonds. The van der Waals surface area contributed by atoms with Gasteiger partial charge in [-0.1, -0.05) is 23.2 Å². The molecule has 0 rings (SSSR count). The van der Waals surface area contributed by atoms with Crippen LogP contribution in [0.25, 0.3) is 0 Å². The molecule has 0 aliphatic rings. The van der Waals surface area contributed by atoms with E-state index in [-0.39, 0.29) is 5.16 Å². The van der Waals surface area contributed by atoms with E-state index in [1.807, 2.05) is 0 Å². The summed E-state index contributed by atoms with van der Waals surface area (Å²) in [5.41, 5.74) is 5.09. The van der Waals surface area contributed by atoms with E-state index in [4.69, 9.17) is 28.9 Å². The molecule has 0 fully saturated rings. The van der Waals surface area contributed by atoms with E-state index in [0.29, 0.717) is 5.16 Å². The molecule has 0 aromatic carbocycles. The predicted molar refractivity (Wildman–Crippen MR) is 41.1 cm³/mol. The molecule has 0 radical (unpaired) electrons. The van der Waals surface area contributed by atoms with Crippen molar-refractivity contribution in [1.82, 2.24) is 5.32 Å². The number of nitrogens with one attached hydrogen (secondary N) is 1. The highest BCUT2D eigenvalue weighted by atomic mass is 35.5. The molecule has 0 atom stereocenters. The minimum absolute atomic E-state index is 0.211. The van der Waals surface area contributed by atoms with Gasteiger partial charge in [0.05, 0.1) is 5.16 Å². The summed E-state index contributed by atoms with van der Waals surface area (Å²) in [6.45, 7) is 0. The first-order valence-corrected chi connectivity index (χ1v) is 3.08. The summed E-state index contributed by atoms with van der Waals surface area (Å²) in [5, 5.41) is 3.40. The normalized spacial score (nSPS) is 13.7. The van der Waals surface area contributed by atoms with E-state index in [1.54, 1.807) is 13.1 Å². The second kappa shape index (κ2) is 4.53. The van der Waals surface area contributed by atoms with Gasteiger partial charge in [0.25, 0.3) is 0 Å². The molecule has 0 saturated heterocycles. The summed E-state index contributed by atoms with van der Waals surface area (Å²) in [6, 6.07) is 0. The van der Waals surface area contributed by atoms with Crippen LogP contribution in [0.15, 0.2) is 22.5 Å². The van der Waals surface area contributed by atoms with Gasteiger partial charge >= 0.3 is 0 Å². The molecule has 0 aliphatic heterocycles. The highest BCUT2D eigenvalue weighted by Crippen LogP contribution is 1.97. The number of hydrogen-bond acceptors (Lipinski definition) is 2. The van der Waals surface area contributed by atoms with Gasteiger partial charge in [-0.2, -0.15) is 0 Å². The Hall–Kier alpha value is -0.340. The van der Waals surface area contributed by atoms with Crippen molar-refractivity contribution < 1.29 is 0 Å². The maximum atomic E-state index is 5.50. The Balaban J connectivity index is 3.83. The van der Waals surface area contributed by atoms with Crippen molar-refractivity contribution in [3.8, 4) is 0 Å². The Morgan fingerprint density at radius 3 is 2.33 bits per heavy atom. The van der Waals surface area contributed by atoms with Crippen LogP contribution >= 0.6 is 23.2 Å². The molecule has 3 N–H and O–H groups in total. The van der Waals surface area contributed by atoms with Gasteiger partial charge in [-0.15, -0.1) is 0 Å². The first-order chi connectivity index (χ1) is 4.16. The fraction of sp³-hybridized carbons (Fsp3) is 0.200. The average molecular weight is 167 g/mol. The van der Waals surface area contributed by atoms with Gasteiger partial charge in [0.15, 0.2) is 0 Å². The minimum Gasteiger partial charge on any atom is -0.389 e. The zero-order valence-corrected chi connectivity index (χ0v) is 6.50. The average Bonchev–Trinajstić information content (AvgIpc) is 1.83. The van der Waals surface area contributed by atoms with Crippen molar-refractivity contribution in [3.05, 3.63) is 22.5 Å². The van der Waals surface area contributed by atoms with E-state index < -0.39 is 0 Å². The van der Waals surface area contributed by atoms with E-state index in [9.17, 15) is 0 Å². The summed E-state index contributed by atoms with van der Waals surface area (Å²) in [7, 11) is 1.71. The maximum Gasteiger partial charge on any atom is 0.102 e. The van der Waals surface area contributed by atoms with Crippen LogP contribution in [0.2, 0.25) is 0 Å². The highest BCUT2D eigenvalue weighted by Gasteiger charge is 1.80. The van der Waals surface area contributed by atoms with E-state index in [1.165, 1.54) is 6.08 Å². The molecule has 4 heteroatoms. The van der Waals surface area contributed by atoms with Crippen molar-refractivity contribution in [2.45, 2.75) is 0 Å². The molecule has 0 heterocycles. The van der Waals surface area contributed by atoms with Crippen LogP contribution < -0.4 is 11.1 Å². The third-order valence-corrected chi connectivity index (χ3v) is 1.07. The molecular weight excluding hydrogens is 159 g/mol. The zero-order valence-electron chi connectivity index (χ0n) is 4.99. The van der Waals surface area contributed by atoms with Gasteiger partial charge in [0.1, 0.15) is 5.16 Å². The van der Waals surface area contributed by atoms with Crippen molar-refractivity contribution in [2.24, 2.45) is 5.73 Å². The summed E-state index contributed by atoms with van der Waals surface area (Å²) in [4.78, 5) is 0. The molecule has 0 aliphatic carbocycles. The summed E-state index contributed by atoms with van der Waals surface area (Å²) in [6.07, 6.45) is 3.07. The fourth-order valence-corrected chi connectivity index (χ4v) is 0.362. The van der Waals surface area contributed by atoms with Crippen LogP contribution in [0.3, 0.4) is 0 Å². The van der Waals surface area contributed by atoms with Gasteiger partial charge in [0, 0.05) is 7.05 Å². The molecular formula is C5H8Cl2N2. The molecule has 0 saturated carbocycles. The fourth-order valence-electron chi connectivity index (χ4n) is 0.236. The second-order valence-electron chi connectivity index (χ2n) is 1.32. The first kappa shape index (κ1) is 8.66. The van der Waals surface area contributed by atoms with Crippen LogP contribution in [0.4, 0.5) is 0 Å². The lowest BCUT2D eigenvalue weighted by molar-refractivity contribution is 1.07. The minimum atomic E-state index is 0.211. The van der Waals surface area contributed by atoms with Crippen LogP contribution in [-0.4, -0.2) is 7.05 Å². The van der Waals surface area contributed by atoms with Crippen molar-refractivity contribution >= 4 is 23.2 Å². The standard InChI is InChI=1S/C5H8Cl2N2/c1-9-5(7)3-2-4(6)8/h2-3,9H,8H2,1H3/b4-2-,5-3-. The lowest BCUT2D eigenvalue weighted by Crippen LogP contribution is -1.98. The van der Waals surface area contributed by atoms with Crippen LogP contribution in [-0.2, 0) is 0 Å². The molecule has 0 aromatic rings. The van der Waals surface area contributed by atoms with Crippen LogP contribution in [0.5, 0.6) is 0 Å². The Bertz CT molecular complexity index is 136. The molecule has 0 unspecified atom stereocenters. The van der Waals surface area contributed by atoms with Crippen molar-refractivity contribution in [2.75, 3.05) is 7.05 Å². The van der Waals surface area contributed by atoms with Crippen molar-refractivity contribution in [3.63, 3.8) is 0 Å². The quantitative estimate of drug-likeness (QED) is 0.480. The van der Waals surface area contributed by atoms with Gasteiger partial charge < -0.3 is 11.1 Å². The Morgan fingerprint density at radius 1 is 1.44 bits per heavy atom. The molecule has 0 spiro atoms. The number of rotatable bonds is 2. The zero-order chi connectivity index (χ0) is 7.28. The van der Waals surface area contributed by atoms with Gasteiger partial charge in [0.2, 0.25) is 0 Å². The van der Waals surface area contributed by atoms with Crippen molar-refractivity contribution in [1.29, 1.82) is 0 Å². The Kier molecular flexibility index (Phi) is 4.36. The van der Waals surface area contributed by atoms with Gasteiger partial charge in [-0.25, -0.2) is 0 Å². The lowest BCUT2D eigenvalue weighted by Gasteiger charge is -1.90. The molecule has 0 bridgehead atoms. The number of hydrogen-bond donors (Lipinski definition) is 2. The molecule has 52 valence electrons. The monoisotopic (exact) mass is 166 g/mol. The summed E-state index contributed by atoms with van der Waals surface area (Å²) in [5.74, 6) is 0. The highest BCUT2D eigenvalue weighted by molar-refractivity contribution is 6.30. The first-order valence-electron chi connectivity index (χ1n) is 2.33. The summed E-state index contributed by atoms with van der Waals surface area (Å²) >= 11 is 10.8. The Morgan fingerprint density at radius 2 is 2.00 bits per heavy atom. The van der Waals surface area contributed by atoms with E-state index >= 15 is 0 Å². The molecule has 9 heavy (non-hydrogen) atoms. The Labute approximate surface area is 64.3 Å². The number of allylic oxidation sites excluding steroid dienone is 2. The smallest absolute Gasteiger partial charge is 0.102 e. The number of halogens is 2. The summed E-state index contributed by atoms with van der Waals surface area (Å²) < 4.78 is 0. The molecule has 2 nitrogen and oxygen atoms in total. The lowest BCUT2D eigenvalue weighted by atomic mass is 10.6. The van der Waals surface area contributed by atoms with Gasteiger partial charge in [-0.3, -0.25) is 0 Å². The second-order valence-corrected chi connectivity index (χ2v) is 2.16. The largest absolute Gasteiger partial charge is 0.389 e. The third kappa shape index (κ3) is 5.53. The predicted octanol–water partition coefficient (Wildman–Crippen LogP) is 1.32. The van der Waals surface area contributed by atoms with Crippen LogP contribution in [0.1, 0.15) is 0 Å². The molecule has 0 aromatic heterocycles. The van der Waals surface area contributed by atoms with Crippen LogP contribution in [0, 0.1) is 0 Å². The van der Waals surface area contributed by atoms with E-state index in [0.717, 1.165) is 0 Å². The SMILES string of the molecule is CN/C(Cl)=C\C=C(/N)Cl. The van der Waals surface area contributed by atoms with Gasteiger partial charge in [-0.05, 0) is 12.2 Å².